The largest absolute Gasteiger partial charge is 0.467 e. The van der Waals surface area contributed by atoms with Crippen LogP contribution in [0.3, 0.4) is 0 Å². The van der Waals surface area contributed by atoms with Crippen molar-refractivity contribution in [3.63, 3.8) is 0 Å². The van der Waals surface area contributed by atoms with E-state index in [2.05, 4.69) is 10.3 Å². The Balaban J connectivity index is 0.00000128. The van der Waals surface area contributed by atoms with E-state index in [0.717, 1.165) is 5.69 Å². The summed E-state index contributed by atoms with van der Waals surface area (Å²) in [4.78, 5) is 4.13. The summed E-state index contributed by atoms with van der Waals surface area (Å²) in [6.45, 7) is 1.13. The highest BCUT2D eigenvalue weighted by Gasteiger charge is 2.09. The van der Waals surface area contributed by atoms with Gasteiger partial charge in [0.2, 0.25) is 0 Å². The van der Waals surface area contributed by atoms with Gasteiger partial charge in [-0.25, -0.2) is 4.98 Å². The lowest BCUT2D eigenvalue weighted by molar-refractivity contribution is 0.147. The fraction of sp³-hybridized carbons (Fsp3) is 0.300. The van der Waals surface area contributed by atoms with Crippen LogP contribution in [0, 0.1) is 0 Å². The summed E-state index contributed by atoms with van der Waals surface area (Å²) < 4.78 is 5.08. The van der Waals surface area contributed by atoms with Crippen molar-refractivity contribution < 1.29 is 9.52 Å². The predicted molar refractivity (Wildman–Crippen MR) is 64.7 cm³/mol. The van der Waals surface area contributed by atoms with Crippen LogP contribution >= 0.6 is 23.7 Å². The highest BCUT2D eigenvalue weighted by molar-refractivity contribution is 7.07. The van der Waals surface area contributed by atoms with Gasteiger partial charge < -0.3 is 14.8 Å². The Morgan fingerprint density at radius 3 is 3.06 bits per heavy atom. The maximum Gasteiger partial charge on any atom is 0.133 e. The number of hydrogen-bond donors (Lipinski definition) is 2. The summed E-state index contributed by atoms with van der Waals surface area (Å²) >= 11 is 1.56. The second-order valence-electron chi connectivity index (χ2n) is 3.14. The van der Waals surface area contributed by atoms with Gasteiger partial charge in [-0.1, -0.05) is 0 Å². The topological polar surface area (TPSA) is 58.3 Å². The SMILES string of the molecule is Cl.OC(CNCc1cscn1)c1ccco1. The van der Waals surface area contributed by atoms with Crippen molar-refractivity contribution in [2.75, 3.05) is 6.54 Å². The van der Waals surface area contributed by atoms with E-state index >= 15 is 0 Å². The van der Waals surface area contributed by atoms with Crippen molar-refractivity contribution in [2.45, 2.75) is 12.6 Å². The molecular formula is C10H13ClN2O2S. The standard InChI is InChI=1S/C10H12N2O2S.ClH/c13-9(10-2-1-3-14-10)5-11-4-8-6-15-7-12-8;/h1-3,6-7,9,11,13H,4-5H2;1H. The monoisotopic (exact) mass is 260 g/mol. The molecule has 2 aromatic rings. The van der Waals surface area contributed by atoms with Gasteiger partial charge in [0.25, 0.3) is 0 Å². The zero-order valence-electron chi connectivity index (χ0n) is 8.50. The normalized spacial score (nSPS) is 12.1. The molecule has 1 atom stereocenters. The molecule has 2 N–H and O–H groups in total. The first-order chi connectivity index (χ1) is 7.36. The van der Waals surface area contributed by atoms with E-state index in [0.29, 0.717) is 18.8 Å². The Labute approximate surface area is 104 Å². The summed E-state index contributed by atoms with van der Waals surface area (Å²) in [6.07, 6.45) is 0.956. The van der Waals surface area contributed by atoms with Gasteiger partial charge in [0.15, 0.2) is 0 Å². The molecule has 1 unspecified atom stereocenters. The summed E-state index contributed by atoms with van der Waals surface area (Å²) in [6, 6.07) is 3.52. The van der Waals surface area contributed by atoms with E-state index in [9.17, 15) is 5.11 Å². The molecule has 0 radical (unpaired) electrons. The number of rotatable bonds is 5. The fourth-order valence-corrected chi connectivity index (χ4v) is 1.80. The molecule has 0 aliphatic rings. The molecule has 2 rings (SSSR count). The van der Waals surface area contributed by atoms with Gasteiger partial charge in [-0.2, -0.15) is 0 Å². The lowest BCUT2D eigenvalue weighted by Crippen LogP contribution is -2.20. The molecule has 0 saturated carbocycles. The van der Waals surface area contributed by atoms with Gasteiger partial charge in [-0.3, -0.25) is 0 Å². The third-order valence-corrected chi connectivity index (χ3v) is 2.63. The van der Waals surface area contributed by atoms with E-state index in [-0.39, 0.29) is 12.4 Å². The molecule has 0 saturated heterocycles. The summed E-state index contributed by atoms with van der Waals surface area (Å²) in [5, 5.41) is 14.8. The minimum Gasteiger partial charge on any atom is -0.467 e. The number of hydrogen-bond acceptors (Lipinski definition) is 5. The third kappa shape index (κ3) is 3.61. The summed E-state index contributed by atoms with van der Waals surface area (Å²) in [5.41, 5.74) is 2.78. The van der Waals surface area contributed by atoms with Crippen LogP contribution in [0.5, 0.6) is 0 Å². The zero-order valence-corrected chi connectivity index (χ0v) is 10.1. The molecule has 0 aliphatic carbocycles. The predicted octanol–water partition coefficient (Wildman–Crippen LogP) is 1.98. The minimum atomic E-state index is -0.598. The van der Waals surface area contributed by atoms with Crippen molar-refractivity contribution in [3.05, 3.63) is 40.7 Å². The number of aliphatic hydroxyl groups is 1. The second kappa shape index (κ2) is 6.65. The van der Waals surface area contributed by atoms with Gasteiger partial charge in [0.1, 0.15) is 11.9 Å². The number of halogens is 1. The maximum absolute atomic E-state index is 9.66. The molecular weight excluding hydrogens is 248 g/mol. The minimum absolute atomic E-state index is 0. The van der Waals surface area contributed by atoms with Crippen LogP contribution in [0.2, 0.25) is 0 Å². The van der Waals surface area contributed by atoms with Gasteiger partial charge in [-0.15, -0.1) is 23.7 Å². The van der Waals surface area contributed by atoms with Crippen LogP contribution < -0.4 is 5.32 Å². The molecule has 6 heteroatoms. The number of nitrogens with zero attached hydrogens (tertiary/aromatic N) is 1. The highest BCUT2D eigenvalue weighted by atomic mass is 35.5. The summed E-state index contributed by atoms with van der Waals surface area (Å²) in [5.74, 6) is 0.584. The van der Waals surface area contributed by atoms with Crippen molar-refractivity contribution >= 4 is 23.7 Å². The second-order valence-corrected chi connectivity index (χ2v) is 3.86. The molecule has 0 spiro atoms. The van der Waals surface area contributed by atoms with E-state index in [1.807, 2.05) is 5.38 Å². The van der Waals surface area contributed by atoms with Crippen molar-refractivity contribution in [1.82, 2.24) is 10.3 Å². The van der Waals surface area contributed by atoms with Crippen molar-refractivity contribution in [1.29, 1.82) is 0 Å². The molecule has 2 heterocycles. The number of nitrogens with one attached hydrogen (secondary N) is 1. The van der Waals surface area contributed by atoms with E-state index in [4.69, 9.17) is 4.42 Å². The Morgan fingerprint density at radius 2 is 2.44 bits per heavy atom. The number of furan rings is 1. The van der Waals surface area contributed by atoms with Crippen LogP contribution in [-0.4, -0.2) is 16.6 Å². The average Bonchev–Trinajstić information content (AvgIpc) is 2.90. The number of aliphatic hydroxyl groups excluding tert-OH is 1. The number of thiazole rings is 1. The lowest BCUT2D eigenvalue weighted by Gasteiger charge is -2.07. The number of aromatic nitrogens is 1. The van der Waals surface area contributed by atoms with E-state index in [1.165, 1.54) is 0 Å². The van der Waals surface area contributed by atoms with Crippen LogP contribution in [0.4, 0.5) is 0 Å². The Bertz CT molecular complexity index is 377. The average molecular weight is 261 g/mol. The first-order valence-corrected chi connectivity index (χ1v) is 5.60. The van der Waals surface area contributed by atoms with Gasteiger partial charge in [0.05, 0.1) is 17.5 Å². The highest BCUT2D eigenvalue weighted by Crippen LogP contribution is 2.11. The van der Waals surface area contributed by atoms with E-state index in [1.54, 1.807) is 35.2 Å². The Hall–Kier alpha value is -0.880. The molecule has 0 amide bonds. The molecule has 0 aliphatic heterocycles. The summed E-state index contributed by atoms with van der Waals surface area (Å²) in [7, 11) is 0. The van der Waals surface area contributed by atoms with Crippen LogP contribution in [0.1, 0.15) is 17.6 Å². The quantitative estimate of drug-likeness (QED) is 0.863. The van der Waals surface area contributed by atoms with Crippen molar-refractivity contribution in [3.8, 4) is 0 Å². The van der Waals surface area contributed by atoms with Gasteiger partial charge >= 0.3 is 0 Å². The zero-order chi connectivity index (χ0) is 10.5. The first-order valence-electron chi connectivity index (χ1n) is 4.65. The smallest absolute Gasteiger partial charge is 0.133 e. The molecule has 0 aromatic carbocycles. The molecule has 0 bridgehead atoms. The fourth-order valence-electron chi connectivity index (χ4n) is 1.24. The van der Waals surface area contributed by atoms with Crippen LogP contribution in [-0.2, 0) is 6.54 Å². The Kier molecular flexibility index (Phi) is 5.48. The van der Waals surface area contributed by atoms with Gasteiger partial charge in [-0.05, 0) is 12.1 Å². The molecule has 4 nitrogen and oxygen atoms in total. The third-order valence-electron chi connectivity index (χ3n) is 2.00. The Morgan fingerprint density at radius 1 is 1.56 bits per heavy atom. The molecule has 0 fully saturated rings. The van der Waals surface area contributed by atoms with Crippen LogP contribution in [0.25, 0.3) is 0 Å². The van der Waals surface area contributed by atoms with Gasteiger partial charge in [0, 0.05) is 18.5 Å². The molecule has 88 valence electrons. The van der Waals surface area contributed by atoms with Crippen molar-refractivity contribution in [2.24, 2.45) is 0 Å². The lowest BCUT2D eigenvalue weighted by atomic mass is 10.3. The molecule has 2 aromatic heterocycles. The molecule has 16 heavy (non-hydrogen) atoms. The maximum atomic E-state index is 9.66. The van der Waals surface area contributed by atoms with E-state index < -0.39 is 6.10 Å². The van der Waals surface area contributed by atoms with Crippen LogP contribution in [0.15, 0.2) is 33.7 Å². The first kappa shape index (κ1) is 13.2.